The number of unbranched alkanes of at least 4 members (excludes halogenated alkanes) is 4. The summed E-state index contributed by atoms with van der Waals surface area (Å²) in [5, 5.41) is 17.4. The largest absolute Gasteiger partial charge is 0.481 e. The highest BCUT2D eigenvalue weighted by Gasteiger charge is 2.11. The molecule has 0 fully saturated rings. The van der Waals surface area contributed by atoms with E-state index >= 15 is 0 Å². The van der Waals surface area contributed by atoms with Crippen LogP contribution < -0.4 is 4.90 Å². The second kappa shape index (κ2) is 8.85. The summed E-state index contributed by atoms with van der Waals surface area (Å²) < 4.78 is 0. The normalized spacial score (nSPS) is 10.5. The molecule has 0 aromatic carbocycles. The van der Waals surface area contributed by atoms with Crippen molar-refractivity contribution >= 4 is 22.4 Å². The molecule has 0 aliphatic rings. The number of carbonyl (C=O) groups is 1. The summed E-state index contributed by atoms with van der Waals surface area (Å²) in [5.74, 6) is -0.768. The third-order valence-corrected chi connectivity index (χ3v) is 3.50. The van der Waals surface area contributed by atoms with Crippen LogP contribution in [-0.4, -0.2) is 34.4 Å². The molecular formula is C12H21N3O2S. The molecule has 0 spiro atoms. The van der Waals surface area contributed by atoms with Crippen molar-refractivity contribution in [3.05, 3.63) is 5.51 Å². The lowest BCUT2D eigenvalue weighted by molar-refractivity contribution is -0.136. The molecular weight excluding hydrogens is 250 g/mol. The lowest BCUT2D eigenvalue weighted by Crippen LogP contribution is -2.27. The lowest BCUT2D eigenvalue weighted by atomic mass is 10.1. The Hall–Kier alpha value is -1.17. The Balaban J connectivity index is 2.33. The molecule has 0 bridgehead atoms. The van der Waals surface area contributed by atoms with Gasteiger partial charge in [-0.2, -0.15) is 0 Å². The van der Waals surface area contributed by atoms with Crippen molar-refractivity contribution in [2.45, 2.75) is 45.4 Å². The number of hydrogen-bond donors (Lipinski definition) is 1. The molecule has 1 aromatic rings. The van der Waals surface area contributed by atoms with Crippen LogP contribution in [0.4, 0.5) is 5.13 Å². The van der Waals surface area contributed by atoms with Crippen LogP contribution in [0.15, 0.2) is 5.51 Å². The van der Waals surface area contributed by atoms with E-state index in [1.807, 2.05) is 4.90 Å². The second-order valence-electron chi connectivity index (χ2n) is 4.27. The van der Waals surface area contributed by atoms with Crippen molar-refractivity contribution in [1.82, 2.24) is 10.2 Å². The number of hydrogen-bond acceptors (Lipinski definition) is 5. The van der Waals surface area contributed by atoms with Crippen molar-refractivity contribution in [3.8, 4) is 0 Å². The van der Waals surface area contributed by atoms with Gasteiger partial charge in [0.1, 0.15) is 5.51 Å². The van der Waals surface area contributed by atoms with Crippen LogP contribution in [0.2, 0.25) is 0 Å². The van der Waals surface area contributed by atoms with E-state index in [0.717, 1.165) is 18.1 Å². The Kier molecular flexibility index (Phi) is 7.32. The zero-order chi connectivity index (χ0) is 13.2. The summed E-state index contributed by atoms with van der Waals surface area (Å²) >= 11 is 1.46. The van der Waals surface area contributed by atoms with Gasteiger partial charge >= 0.3 is 5.97 Å². The lowest BCUT2D eigenvalue weighted by Gasteiger charge is -2.20. The molecule has 0 unspecified atom stereocenters. The summed E-state index contributed by atoms with van der Waals surface area (Å²) in [4.78, 5) is 12.7. The molecule has 6 heteroatoms. The van der Waals surface area contributed by atoms with Gasteiger partial charge < -0.3 is 10.0 Å². The molecule has 1 heterocycles. The quantitative estimate of drug-likeness (QED) is 0.663. The molecule has 0 amide bonds. The fourth-order valence-electron chi connectivity index (χ4n) is 1.74. The predicted octanol–water partition coefficient (Wildman–Crippen LogP) is 2.79. The minimum Gasteiger partial charge on any atom is -0.481 e. The van der Waals surface area contributed by atoms with Gasteiger partial charge in [-0.1, -0.05) is 43.9 Å². The molecule has 0 saturated heterocycles. The molecule has 1 N–H and O–H groups in total. The Labute approximate surface area is 112 Å². The highest BCUT2D eigenvalue weighted by molar-refractivity contribution is 7.13. The van der Waals surface area contributed by atoms with Crippen LogP contribution in [0.3, 0.4) is 0 Å². The highest BCUT2D eigenvalue weighted by atomic mass is 32.1. The van der Waals surface area contributed by atoms with E-state index in [2.05, 4.69) is 17.1 Å². The van der Waals surface area contributed by atoms with Crippen LogP contribution in [-0.2, 0) is 4.79 Å². The average molecular weight is 271 g/mol. The van der Waals surface area contributed by atoms with Crippen molar-refractivity contribution < 1.29 is 9.90 Å². The molecule has 18 heavy (non-hydrogen) atoms. The van der Waals surface area contributed by atoms with Gasteiger partial charge in [0.2, 0.25) is 5.13 Å². The predicted molar refractivity (Wildman–Crippen MR) is 73.1 cm³/mol. The average Bonchev–Trinajstić information content (AvgIpc) is 2.86. The van der Waals surface area contributed by atoms with Crippen LogP contribution in [0.25, 0.3) is 0 Å². The number of rotatable bonds is 10. The van der Waals surface area contributed by atoms with E-state index in [0.29, 0.717) is 6.54 Å². The molecule has 0 aliphatic carbocycles. The van der Waals surface area contributed by atoms with Gasteiger partial charge in [-0.3, -0.25) is 4.79 Å². The van der Waals surface area contributed by atoms with Gasteiger partial charge in [-0.15, -0.1) is 10.2 Å². The Morgan fingerprint density at radius 3 is 2.72 bits per heavy atom. The first kappa shape index (κ1) is 14.9. The van der Waals surface area contributed by atoms with Gasteiger partial charge in [0.25, 0.3) is 0 Å². The maximum Gasteiger partial charge on any atom is 0.305 e. The molecule has 1 aromatic heterocycles. The third-order valence-electron chi connectivity index (χ3n) is 2.75. The van der Waals surface area contributed by atoms with Gasteiger partial charge in [0, 0.05) is 13.1 Å². The van der Waals surface area contributed by atoms with Gasteiger partial charge in [0.05, 0.1) is 6.42 Å². The fourth-order valence-corrected chi connectivity index (χ4v) is 2.36. The van der Waals surface area contributed by atoms with Crippen molar-refractivity contribution in [1.29, 1.82) is 0 Å². The first-order valence-corrected chi connectivity index (χ1v) is 7.35. The topological polar surface area (TPSA) is 66.3 Å². The SMILES string of the molecule is CCCCCCCN(CCC(=O)O)c1nncs1. The van der Waals surface area contributed by atoms with Crippen molar-refractivity contribution in [2.24, 2.45) is 0 Å². The molecule has 102 valence electrons. The molecule has 1 rings (SSSR count). The molecule has 0 radical (unpaired) electrons. The standard InChI is InChI=1S/C12H21N3O2S/c1-2-3-4-5-6-8-15(9-7-11(16)17)12-14-13-10-18-12/h10H,2-9H2,1H3,(H,16,17). The van der Waals surface area contributed by atoms with Crippen LogP contribution >= 0.6 is 11.3 Å². The van der Waals surface area contributed by atoms with Crippen molar-refractivity contribution in [3.63, 3.8) is 0 Å². The van der Waals surface area contributed by atoms with Gasteiger partial charge in [-0.05, 0) is 6.42 Å². The molecule has 0 atom stereocenters. The maximum atomic E-state index is 10.6. The van der Waals surface area contributed by atoms with E-state index in [1.165, 1.54) is 37.0 Å². The van der Waals surface area contributed by atoms with E-state index in [1.54, 1.807) is 5.51 Å². The molecule has 5 nitrogen and oxygen atoms in total. The number of aromatic nitrogens is 2. The van der Waals surface area contributed by atoms with Crippen LogP contribution in [0.1, 0.15) is 45.4 Å². The number of aliphatic carboxylic acids is 1. The van der Waals surface area contributed by atoms with Crippen molar-refractivity contribution in [2.75, 3.05) is 18.0 Å². The molecule has 0 aliphatic heterocycles. The fraction of sp³-hybridized carbons (Fsp3) is 0.750. The Morgan fingerprint density at radius 2 is 2.11 bits per heavy atom. The zero-order valence-electron chi connectivity index (χ0n) is 10.8. The number of anilines is 1. The smallest absolute Gasteiger partial charge is 0.305 e. The van der Waals surface area contributed by atoms with Crippen LogP contribution in [0.5, 0.6) is 0 Å². The summed E-state index contributed by atoms with van der Waals surface area (Å²) in [6.45, 7) is 3.57. The molecule has 0 saturated carbocycles. The number of carboxylic acids is 1. The minimum atomic E-state index is -0.768. The van der Waals surface area contributed by atoms with E-state index in [-0.39, 0.29) is 6.42 Å². The Bertz CT molecular complexity index is 330. The van der Waals surface area contributed by atoms with E-state index in [4.69, 9.17) is 5.11 Å². The monoisotopic (exact) mass is 271 g/mol. The second-order valence-corrected chi connectivity index (χ2v) is 5.08. The number of nitrogens with zero attached hydrogens (tertiary/aromatic N) is 3. The maximum absolute atomic E-state index is 10.6. The Morgan fingerprint density at radius 1 is 1.33 bits per heavy atom. The zero-order valence-corrected chi connectivity index (χ0v) is 11.7. The van der Waals surface area contributed by atoms with Gasteiger partial charge in [-0.25, -0.2) is 0 Å². The minimum absolute atomic E-state index is 0.147. The first-order chi connectivity index (χ1) is 8.74. The summed E-state index contributed by atoms with van der Waals surface area (Å²) in [5.41, 5.74) is 1.68. The first-order valence-electron chi connectivity index (χ1n) is 6.47. The van der Waals surface area contributed by atoms with E-state index in [9.17, 15) is 4.79 Å². The van der Waals surface area contributed by atoms with Crippen LogP contribution in [0, 0.1) is 0 Å². The summed E-state index contributed by atoms with van der Waals surface area (Å²) in [6.07, 6.45) is 6.18. The van der Waals surface area contributed by atoms with E-state index < -0.39 is 5.97 Å². The summed E-state index contributed by atoms with van der Waals surface area (Å²) in [7, 11) is 0. The number of carboxylic acid groups (broad SMARTS) is 1. The third kappa shape index (κ3) is 5.95. The van der Waals surface area contributed by atoms with Gasteiger partial charge in [0.15, 0.2) is 0 Å². The summed E-state index contributed by atoms with van der Waals surface area (Å²) in [6, 6.07) is 0. The highest BCUT2D eigenvalue weighted by Crippen LogP contribution is 2.17.